The molecule has 0 saturated carbocycles. The van der Waals surface area contributed by atoms with Crippen LogP contribution in [-0.2, 0) is 0 Å². The first-order valence-electron chi connectivity index (χ1n) is 2.09. The summed E-state index contributed by atoms with van der Waals surface area (Å²) in [6, 6.07) is 1.71. The molecular formula is C5H7NO. The molecule has 0 aromatic heterocycles. The zero-order chi connectivity index (χ0) is 5.70. The van der Waals surface area contributed by atoms with Gasteiger partial charge in [0.1, 0.15) is 5.76 Å². The minimum atomic E-state index is 0.141. The summed E-state index contributed by atoms with van der Waals surface area (Å²) in [5.74, 6) is 0.141. The lowest BCUT2D eigenvalue weighted by Crippen LogP contribution is -1.71. The van der Waals surface area contributed by atoms with E-state index >= 15 is 0 Å². The van der Waals surface area contributed by atoms with Crippen LogP contribution in [0.2, 0.25) is 0 Å². The van der Waals surface area contributed by atoms with Crippen LogP contribution in [0.25, 0.3) is 0 Å². The van der Waals surface area contributed by atoms with E-state index in [4.69, 9.17) is 10.4 Å². The van der Waals surface area contributed by atoms with Crippen molar-refractivity contribution in [3.8, 4) is 6.07 Å². The number of allylic oxidation sites excluding steroid dienone is 2. The van der Waals surface area contributed by atoms with E-state index in [9.17, 15) is 0 Å². The molecule has 0 aliphatic heterocycles. The maximum absolute atomic E-state index is 8.50. The van der Waals surface area contributed by atoms with Crippen molar-refractivity contribution >= 4 is 0 Å². The summed E-state index contributed by atoms with van der Waals surface area (Å²) in [5.41, 5.74) is 0. The highest BCUT2D eigenvalue weighted by molar-refractivity contribution is 5.05. The Hall–Kier alpha value is -0.970. The van der Waals surface area contributed by atoms with Gasteiger partial charge in [0, 0.05) is 6.42 Å². The van der Waals surface area contributed by atoms with Gasteiger partial charge in [-0.15, -0.1) is 0 Å². The van der Waals surface area contributed by atoms with Crippen molar-refractivity contribution in [1.29, 1.82) is 5.26 Å². The predicted octanol–water partition coefficient (Wildman–Crippen LogP) is 1.36. The molecule has 0 unspecified atom stereocenters. The van der Waals surface area contributed by atoms with Gasteiger partial charge in [-0.3, -0.25) is 0 Å². The summed E-state index contributed by atoms with van der Waals surface area (Å²) in [5, 5.41) is 16.4. The molecule has 0 aromatic rings. The molecule has 0 aliphatic carbocycles. The molecule has 0 fully saturated rings. The van der Waals surface area contributed by atoms with Crippen molar-refractivity contribution < 1.29 is 5.11 Å². The van der Waals surface area contributed by atoms with Gasteiger partial charge in [0.25, 0.3) is 0 Å². The average Bonchev–Trinajstić information content (AvgIpc) is 1.68. The molecule has 0 atom stereocenters. The predicted molar refractivity (Wildman–Crippen MR) is 26.6 cm³/mol. The number of nitriles is 1. The van der Waals surface area contributed by atoms with Crippen molar-refractivity contribution in [3.63, 3.8) is 0 Å². The first-order valence-corrected chi connectivity index (χ1v) is 2.09. The van der Waals surface area contributed by atoms with E-state index in [0.29, 0.717) is 6.42 Å². The van der Waals surface area contributed by atoms with Crippen molar-refractivity contribution in [2.75, 3.05) is 0 Å². The molecule has 0 rings (SSSR count). The summed E-state index contributed by atoms with van der Waals surface area (Å²) in [6.45, 7) is 1.78. The number of rotatable bonds is 1. The van der Waals surface area contributed by atoms with Crippen molar-refractivity contribution in [1.82, 2.24) is 0 Å². The highest BCUT2D eigenvalue weighted by atomic mass is 16.3. The quantitative estimate of drug-likeness (QED) is 0.396. The van der Waals surface area contributed by atoms with Crippen molar-refractivity contribution in [2.45, 2.75) is 13.3 Å². The fourth-order valence-corrected chi connectivity index (χ4v) is 0.177. The molecule has 0 radical (unpaired) electrons. The van der Waals surface area contributed by atoms with E-state index in [1.165, 1.54) is 0 Å². The first-order chi connectivity index (χ1) is 3.31. The van der Waals surface area contributed by atoms with E-state index < -0.39 is 0 Å². The standard InChI is InChI=1S/C5H7NO/c1-2-5(7)3-4-6/h3,7H,2H2,1H3/b5-3-. The molecule has 0 aliphatic rings. The lowest BCUT2D eigenvalue weighted by atomic mass is 10.4. The largest absolute Gasteiger partial charge is 0.512 e. The Morgan fingerprint density at radius 3 is 2.71 bits per heavy atom. The van der Waals surface area contributed by atoms with Crippen molar-refractivity contribution in [2.24, 2.45) is 0 Å². The number of nitrogens with zero attached hydrogens (tertiary/aromatic N) is 1. The Morgan fingerprint density at radius 2 is 2.57 bits per heavy atom. The molecule has 0 saturated heterocycles. The molecule has 2 nitrogen and oxygen atoms in total. The van der Waals surface area contributed by atoms with Gasteiger partial charge >= 0.3 is 0 Å². The Labute approximate surface area is 42.7 Å². The summed E-state index contributed by atoms with van der Waals surface area (Å²) in [4.78, 5) is 0. The van der Waals surface area contributed by atoms with Gasteiger partial charge in [-0.05, 0) is 0 Å². The molecule has 0 amide bonds. The average molecular weight is 97.1 g/mol. The van der Waals surface area contributed by atoms with Crippen LogP contribution in [0.1, 0.15) is 13.3 Å². The third kappa shape index (κ3) is 2.84. The van der Waals surface area contributed by atoms with Crippen LogP contribution < -0.4 is 0 Å². The van der Waals surface area contributed by atoms with E-state index in [0.717, 1.165) is 6.08 Å². The molecule has 0 aromatic carbocycles. The van der Waals surface area contributed by atoms with E-state index in [2.05, 4.69) is 0 Å². The van der Waals surface area contributed by atoms with Crippen LogP contribution in [0.4, 0.5) is 0 Å². The lowest BCUT2D eigenvalue weighted by molar-refractivity contribution is 0.395. The minimum Gasteiger partial charge on any atom is -0.512 e. The highest BCUT2D eigenvalue weighted by Crippen LogP contribution is 1.90. The fraction of sp³-hybridized carbons (Fsp3) is 0.400. The van der Waals surface area contributed by atoms with Gasteiger partial charge in [-0.2, -0.15) is 5.26 Å². The smallest absolute Gasteiger partial charge is 0.102 e. The highest BCUT2D eigenvalue weighted by Gasteiger charge is 1.80. The van der Waals surface area contributed by atoms with Gasteiger partial charge in [0.15, 0.2) is 0 Å². The van der Waals surface area contributed by atoms with Crippen LogP contribution in [0.15, 0.2) is 11.8 Å². The number of aliphatic hydroxyl groups excluding tert-OH is 1. The maximum atomic E-state index is 8.50. The maximum Gasteiger partial charge on any atom is 0.102 e. The van der Waals surface area contributed by atoms with Gasteiger partial charge in [-0.1, -0.05) is 6.92 Å². The SMILES string of the molecule is CC/C(O)=C/C#N. The van der Waals surface area contributed by atoms with E-state index in [1.54, 1.807) is 13.0 Å². The monoisotopic (exact) mass is 97.1 g/mol. The molecule has 1 N–H and O–H groups in total. The Balaban J connectivity index is 3.56. The third-order valence-corrected chi connectivity index (χ3v) is 0.593. The molecule has 0 spiro atoms. The summed E-state index contributed by atoms with van der Waals surface area (Å²) >= 11 is 0. The molecule has 0 heterocycles. The third-order valence-electron chi connectivity index (χ3n) is 0.593. The zero-order valence-electron chi connectivity index (χ0n) is 4.18. The van der Waals surface area contributed by atoms with E-state index in [-0.39, 0.29) is 5.76 Å². The molecule has 0 bridgehead atoms. The number of hydrogen-bond donors (Lipinski definition) is 1. The zero-order valence-corrected chi connectivity index (χ0v) is 4.18. The van der Waals surface area contributed by atoms with Gasteiger partial charge in [0.2, 0.25) is 0 Å². The summed E-state index contributed by atoms with van der Waals surface area (Å²) < 4.78 is 0. The molecular weight excluding hydrogens is 90.1 g/mol. The Morgan fingerprint density at radius 1 is 2.00 bits per heavy atom. The van der Waals surface area contributed by atoms with Crippen LogP contribution in [0.3, 0.4) is 0 Å². The summed E-state index contributed by atoms with van der Waals surface area (Å²) in [7, 11) is 0. The number of hydrogen-bond acceptors (Lipinski definition) is 2. The first kappa shape index (κ1) is 6.03. The van der Waals surface area contributed by atoms with Crippen LogP contribution in [0, 0.1) is 11.3 Å². The molecule has 7 heavy (non-hydrogen) atoms. The molecule has 38 valence electrons. The lowest BCUT2D eigenvalue weighted by Gasteiger charge is -1.83. The van der Waals surface area contributed by atoms with E-state index in [1.807, 2.05) is 0 Å². The second-order valence-electron chi connectivity index (χ2n) is 1.12. The Bertz CT molecular complexity index is 110. The van der Waals surface area contributed by atoms with Crippen LogP contribution >= 0.6 is 0 Å². The van der Waals surface area contributed by atoms with Gasteiger partial charge in [0.05, 0.1) is 12.1 Å². The van der Waals surface area contributed by atoms with Crippen LogP contribution in [-0.4, -0.2) is 5.11 Å². The summed E-state index contributed by atoms with van der Waals surface area (Å²) in [6.07, 6.45) is 1.66. The Kier molecular flexibility index (Phi) is 2.78. The number of aliphatic hydroxyl groups is 1. The fourth-order valence-electron chi connectivity index (χ4n) is 0.177. The van der Waals surface area contributed by atoms with Crippen molar-refractivity contribution in [3.05, 3.63) is 11.8 Å². The second-order valence-corrected chi connectivity index (χ2v) is 1.12. The van der Waals surface area contributed by atoms with Gasteiger partial charge in [-0.25, -0.2) is 0 Å². The minimum absolute atomic E-state index is 0.141. The molecule has 2 heteroatoms. The normalized spacial score (nSPS) is 10.6. The second kappa shape index (κ2) is 3.23. The topological polar surface area (TPSA) is 44.0 Å². The van der Waals surface area contributed by atoms with Crippen LogP contribution in [0.5, 0.6) is 0 Å². The van der Waals surface area contributed by atoms with Gasteiger partial charge < -0.3 is 5.11 Å².